The lowest BCUT2D eigenvalue weighted by Gasteiger charge is -2.13. The maximum atomic E-state index is 11.9. The van der Waals surface area contributed by atoms with Crippen molar-refractivity contribution in [1.82, 2.24) is 5.32 Å². The van der Waals surface area contributed by atoms with Crippen molar-refractivity contribution in [3.63, 3.8) is 0 Å². The number of thiocarbonyl (C=S) groups is 1. The van der Waals surface area contributed by atoms with Gasteiger partial charge in [0.1, 0.15) is 0 Å². The Kier molecular flexibility index (Phi) is 5.02. The number of benzene rings is 1. The molecule has 0 spiro atoms. The summed E-state index contributed by atoms with van der Waals surface area (Å²) in [6, 6.07) is 5.68. The van der Waals surface area contributed by atoms with Crippen molar-refractivity contribution < 1.29 is 13.2 Å². The summed E-state index contributed by atoms with van der Waals surface area (Å²) in [7, 11) is -3.33. The lowest BCUT2D eigenvalue weighted by atomic mass is 10.2. The number of hydrogen-bond donors (Lipinski definition) is 2. The van der Waals surface area contributed by atoms with Crippen molar-refractivity contribution in [3.05, 3.63) is 29.8 Å². The van der Waals surface area contributed by atoms with E-state index in [0.717, 1.165) is 6.26 Å². The van der Waals surface area contributed by atoms with Crippen LogP contribution in [0.1, 0.15) is 23.7 Å². The van der Waals surface area contributed by atoms with E-state index in [4.69, 9.17) is 18.0 Å². The monoisotopic (exact) mass is 300 g/mol. The maximum absolute atomic E-state index is 11.9. The average molecular weight is 300 g/mol. The normalized spacial score (nSPS) is 12.7. The van der Waals surface area contributed by atoms with Crippen LogP contribution in [0.2, 0.25) is 0 Å². The van der Waals surface area contributed by atoms with Crippen molar-refractivity contribution in [3.8, 4) is 0 Å². The molecule has 0 bridgehead atoms. The molecule has 3 N–H and O–H groups in total. The summed E-state index contributed by atoms with van der Waals surface area (Å²) < 4.78 is 22.8. The average Bonchev–Trinajstić information content (AvgIpc) is 2.26. The van der Waals surface area contributed by atoms with Gasteiger partial charge in [-0.05, 0) is 25.1 Å². The second-order valence-electron chi connectivity index (χ2n) is 4.34. The Morgan fingerprint density at radius 3 is 2.63 bits per heavy atom. The molecule has 7 heteroatoms. The highest BCUT2D eigenvalue weighted by Crippen LogP contribution is 2.11. The van der Waals surface area contributed by atoms with Crippen LogP contribution in [-0.4, -0.2) is 31.6 Å². The predicted octanol–water partition coefficient (Wildman–Crippen LogP) is 0.885. The minimum absolute atomic E-state index is 0.113. The summed E-state index contributed by atoms with van der Waals surface area (Å²) in [6.07, 6.45) is 1.49. The molecule has 0 heterocycles. The van der Waals surface area contributed by atoms with Gasteiger partial charge in [0.15, 0.2) is 9.84 Å². The van der Waals surface area contributed by atoms with Gasteiger partial charge in [-0.3, -0.25) is 4.79 Å². The van der Waals surface area contributed by atoms with E-state index < -0.39 is 9.84 Å². The Balaban J connectivity index is 2.86. The van der Waals surface area contributed by atoms with Gasteiger partial charge in [0.05, 0.1) is 9.88 Å². The van der Waals surface area contributed by atoms with Crippen LogP contribution >= 0.6 is 12.2 Å². The molecule has 0 aliphatic rings. The zero-order valence-corrected chi connectivity index (χ0v) is 12.3. The van der Waals surface area contributed by atoms with E-state index in [2.05, 4.69) is 5.32 Å². The molecule has 1 aromatic rings. The lowest BCUT2D eigenvalue weighted by molar-refractivity contribution is 0.0941. The third-order valence-electron chi connectivity index (χ3n) is 2.41. The van der Waals surface area contributed by atoms with Crippen LogP contribution in [0, 0.1) is 0 Å². The van der Waals surface area contributed by atoms with E-state index in [1.54, 1.807) is 13.0 Å². The predicted molar refractivity (Wildman–Crippen MR) is 77.9 cm³/mol. The minimum atomic E-state index is -3.33. The summed E-state index contributed by atoms with van der Waals surface area (Å²) in [5, 5.41) is 2.70. The lowest BCUT2D eigenvalue weighted by Crippen LogP contribution is -2.35. The molecule has 19 heavy (non-hydrogen) atoms. The highest BCUT2D eigenvalue weighted by molar-refractivity contribution is 7.90. The van der Waals surface area contributed by atoms with Crippen LogP contribution in [0.25, 0.3) is 0 Å². The first-order valence-electron chi connectivity index (χ1n) is 5.59. The standard InChI is InChI=1S/C12H16N2O3S2/c1-8(6-11(13)18)14-12(15)9-4-3-5-10(7-9)19(2,16)17/h3-5,7-8H,6H2,1-2H3,(H2,13,18)(H,14,15). The molecule has 0 radical (unpaired) electrons. The Hall–Kier alpha value is -1.47. The van der Waals surface area contributed by atoms with E-state index in [1.165, 1.54) is 18.2 Å². The van der Waals surface area contributed by atoms with Crippen LogP contribution in [-0.2, 0) is 9.84 Å². The Labute approximate surface area is 118 Å². The number of carbonyl (C=O) groups excluding carboxylic acids is 1. The van der Waals surface area contributed by atoms with Crippen LogP contribution in [0.3, 0.4) is 0 Å². The molecule has 1 aromatic carbocycles. The Bertz CT molecular complexity index is 597. The van der Waals surface area contributed by atoms with Gasteiger partial charge >= 0.3 is 0 Å². The van der Waals surface area contributed by atoms with Crippen LogP contribution in [0.15, 0.2) is 29.2 Å². The van der Waals surface area contributed by atoms with E-state index in [-0.39, 0.29) is 22.4 Å². The molecule has 5 nitrogen and oxygen atoms in total. The van der Waals surface area contributed by atoms with E-state index in [9.17, 15) is 13.2 Å². The van der Waals surface area contributed by atoms with Crippen molar-refractivity contribution in [2.24, 2.45) is 5.73 Å². The summed E-state index contributed by atoms with van der Waals surface area (Å²) in [5.74, 6) is -0.353. The third-order valence-corrected chi connectivity index (χ3v) is 3.69. The number of carbonyl (C=O) groups is 1. The molecule has 0 saturated heterocycles. The van der Waals surface area contributed by atoms with Gasteiger partial charge in [-0.2, -0.15) is 0 Å². The van der Waals surface area contributed by atoms with Gasteiger partial charge < -0.3 is 11.1 Å². The van der Waals surface area contributed by atoms with Gasteiger partial charge in [0.25, 0.3) is 5.91 Å². The molecule has 0 saturated carbocycles. The molecular formula is C12H16N2O3S2. The van der Waals surface area contributed by atoms with Crippen LogP contribution in [0.4, 0.5) is 0 Å². The van der Waals surface area contributed by atoms with Crippen LogP contribution in [0.5, 0.6) is 0 Å². The fourth-order valence-corrected chi connectivity index (χ4v) is 2.44. The van der Waals surface area contributed by atoms with E-state index >= 15 is 0 Å². The molecule has 0 aliphatic heterocycles. The van der Waals surface area contributed by atoms with Crippen molar-refractivity contribution >= 4 is 33.0 Å². The quantitative estimate of drug-likeness (QED) is 0.788. The maximum Gasteiger partial charge on any atom is 0.251 e. The Morgan fingerprint density at radius 2 is 2.11 bits per heavy atom. The highest BCUT2D eigenvalue weighted by Gasteiger charge is 2.13. The molecule has 1 unspecified atom stereocenters. The first-order chi connectivity index (χ1) is 8.70. The summed E-state index contributed by atoms with van der Waals surface area (Å²) in [4.78, 5) is 12.4. The van der Waals surface area contributed by atoms with Gasteiger partial charge in [-0.1, -0.05) is 18.3 Å². The van der Waals surface area contributed by atoms with Gasteiger partial charge in [-0.15, -0.1) is 0 Å². The fraction of sp³-hybridized carbons (Fsp3) is 0.333. The molecule has 0 aromatic heterocycles. The number of nitrogens with two attached hydrogens (primary N) is 1. The zero-order chi connectivity index (χ0) is 14.6. The topological polar surface area (TPSA) is 89.3 Å². The zero-order valence-electron chi connectivity index (χ0n) is 10.7. The third kappa shape index (κ3) is 4.96. The largest absolute Gasteiger partial charge is 0.393 e. The molecular weight excluding hydrogens is 284 g/mol. The molecule has 0 aliphatic carbocycles. The summed E-state index contributed by atoms with van der Waals surface area (Å²) in [5.41, 5.74) is 5.68. The first kappa shape index (κ1) is 15.6. The number of amides is 1. The molecule has 104 valence electrons. The van der Waals surface area contributed by atoms with Crippen molar-refractivity contribution in [2.45, 2.75) is 24.3 Å². The molecule has 0 fully saturated rings. The first-order valence-corrected chi connectivity index (χ1v) is 7.89. The van der Waals surface area contributed by atoms with E-state index in [1.807, 2.05) is 0 Å². The van der Waals surface area contributed by atoms with Gasteiger partial charge in [-0.25, -0.2) is 8.42 Å². The number of nitrogens with one attached hydrogen (secondary N) is 1. The van der Waals surface area contributed by atoms with E-state index in [0.29, 0.717) is 11.4 Å². The van der Waals surface area contributed by atoms with Gasteiger partial charge in [0, 0.05) is 24.3 Å². The molecule has 1 atom stereocenters. The summed E-state index contributed by atoms with van der Waals surface area (Å²) >= 11 is 4.76. The molecule has 1 rings (SSSR count). The minimum Gasteiger partial charge on any atom is -0.393 e. The van der Waals surface area contributed by atoms with Gasteiger partial charge in [0.2, 0.25) is 0 Å². The smallest absolute Gasteiger partial charge is 0.251 e. The number of sulfone groups is 1. The fourth-order valence-electron chi connectivity index (χ4n) is 1.53. The number of hydrogen-bond acceptors (Lipinski definition) is 4. The highest BCUT2D eigenvalue weighted by atomic mass is 32.2. The Morgan fingerprint density at radius 1 is 1.47 bits per heavy atom. The SMILES string of the molecule is CC(CC(N)=S)NC(=O)c1cccc(S(C)(=O)=O)c1. The summed E-state index contributed by atoms with van der Waals surface area (Å²) in [6.45, 7) is 1.78. The van der Waals surface area contributed by atoms with Crippen molar-refractivity contribution in [1.29, 1.82) is 0 Å². The van der Waals surface area contributed by atoms with Crippen LogP contribution < -0.4 is 11.1 Å². The second kappa shape index (κ2) is 6.12. The molecule has 1 amide bonds. The number of rotatable bonds is 5. The second-order valence-corrected chi connectivity index (χ2v) is 6.89. The van der Waals surface area contributed by atoms with Crippen molar-refractivity contribution in [2.75, 3.05) is 6.26 Å².